The highest BCUT2D eigenvalue weighted by Crippen LogP contribution is 2.44. The molecule has 8 aromatic rings. The molecule has 0 aliphatic rings. The lowest BCUT2D eigenvalue weighted by Crippen LogP contribution is -1.91. The average Bonchev–Trinajstić information content (AvgIpc) is 3.50. The van der Waals surface area contributed by atoms with Gasteiger partial charge in [0.25, 0.3) is 0 Å². The summed E-state index contributed by atoms with van der Waals surface area (Å²) >= 11 is 0. The fraction of sp³-hybridized carbons (Fsp3) is 0. The van der Waals surface area contributed by atoms with E-state index in [4.69, 9.17) is 12.6 Å². The Labute approximate surface area is 236 Å². The first-order valence-corrected chi connectivity index (χ1v) is 12.8. The van der Waals surface area contributed by atoms with Crippen molar-refractivity contribution >= 4 is 43.5 Å². The minimum atomic E-state index is -0.452. The Balaban J connectivity index is 1.43. The summed E-state index contributed by atoms with van der Waals surface area (Å²) in [4.78, 5) is 0. The molecule has 8 rings (SSSR count). The molecule has 1 nitrogen and oxygen atoms in total. The molecule has 0 spiro atoms. The van der Waals surface area contributed by atoms with Gasteiger partial charge in [0, 0.05) is 10.8 Å². The molecule has 7 aromatic carbocycles. The summed E-state index contributed by atoms with van der Waals surface area (Å²) in [6.45, 7) is 0. The average molecular weight is 504 g/mol. The Morgan fingerprint density at radius 3 is 1.69 bits per heavy atom. The molecule has 0 radical (unpaired) electrons. The summed E-state index contributed by atoms with van der Waals surface area (Å²) in [6, 6.07) is 32.4. The van der Waals surface area contributed by atoms with Gasteiger partial charge < -0.3 is 4.42 Å². The number of furan rings is 1. The molecule has 0 amide bonds. The Bertz CT molecular complexity index is 2500. The molecule has 0 aliphatic carbocycles. The van der Waals surface area contributed by atoms with Gasteiger partial charge in [0.15, 0.2) is 0 Å². The second-order valence-corrected chi connectivity index (χ2v) is 9.55. The maximum absolute atomic E-state index is 9.25. The van der Waals surface area contributed by atoms with Gasteiger partial charge in [0.1, 0.15) is 11.2 Å². The highest BCUT2D eigenvalue weighted by Gasteiger charge is 2.17. The van der Waals surface area contributed by atoms with Crippen molar-refractivity contribution in [3.05, 3.63) is 145 Å². The molecular formula is C38H24O. The van der Waals surface area contributed by atoms with Crippen LogP contribution in [-0.2, 0) is 0 Å². The van der Waals surface area contributed by atoms with Crippen LogP contribution in [0, 0.1) is 0 Å². The topological polar surface area (TPSA) is 13.1 Å². The Morgan fingerprint density at radius 2 is 0.974 bits per heavy atom. The predicted molar refractivity (Wildman–Crippen MR) is 165 cm³/mol. The van der Waals surface area contributed by atoms with Crippen molar-refractivity contribution in [2.75, 3.05) is 0 Å². The number of rotatable bonds is 3. The molecule has 0 N–H and O–H groups in total. The largest absolute Gasteiger partial charge is 0.456 e. The van der Waals surface area contributed by atoms with Crippen molar-refractivity contribution in [3.63, 3.8) is 0 Å². The summed E-state index contributed by atoms with van der Waals surface area (Å²) in [5, 5.41) is 4.47. The number of benzene rings is 7. The molecule has 0 bridgehead atoms. The molecule has 0 saturated heterocycles. The highest BCUT2D eigenvalue weighted by molar-refractivity contribution is 6.21. The maximum Gasteiger partial charge on any atom is 0.135 e. The van der Waals surface area contributed by atoms with Crippen LogP contribution in [0.2, 0.25) is 0 Å². The molecule has 1 aromatic heterocycles. The fourth-order valence-electron chi connectivity index (χ4n) is 5.63. The second kappa shape index (κ2) is 8.72. The lowest BCUT2D eigenvalue weighted by Gasteiger charge is -2.18. The molecule has 1 heteroatoms. The van der Waals surface area contributed by atoms with Gasteiger partial charge in [-0.2, -0.15) is 0 Å². The van der Waals surface area contributed by atoms with Crippen LogP contribution in [0.5, 0.6) is 0 Å². The van der Waals surface area contributed by atoms with E-state index in [0.29, 0.717) is 5.56 Å². The second-order valence-electron chi connectivity index (χ2n) is 9.55. The van der Waals surface area contributed by atoms with Crippen LogP contribution in [-0.4, -0.2) is 0 Å². The van der Waals surface area contributed by atoms with E-state index in [1.165, 1.54) is 0 Å². The van der Waals surface area contributed by atoms with Crippen LogP contribution in [0.15, 0.2) is 150 Å². The van der Waals surface area contributed by atoms with E-state index >= 15 is 0 Å². The predicted octanol–water partition coefficient (Wildman–Crippen LogP) is 10.9. The van der Waals surface area contributed by atoms with E-state index in [2.05, 4.69) is 36.4 Å². The van der Waals surface area contributed by atoms with Gasteiger partial charge >= 0.3 is 0 Å². The highest BCUT2D eigenvalue weighted by atomic mass is 16.3. The summed E-state index contributed by atoms with van der Waals surface area (Å²) in [5.74, 6) is 0. The van der Waals surface area contributed by atoms with Gasteiger partial charge in [0.05, 0.1) is 9.60 Å². The molecule has 0 fully saturated rings. The van der Waals surface area contributed by atoms with Crippen LogP contribution >= 0.6 is 0 Å². The third kappa shape index (κ3) is 3.48. The number of hydrogen-bond donors (Lipinski definition) is 0. The molecule has 0 unspecified atom stereocenters. The van der Waals surface area contributed by atoms with Gasteiger partial charge in [-0.25, -0.2) is 0 Å². The van der Waals surface area contributed by atoms with Crippen molar-refractivity contribution in [3.8, 4) is 33.4 Å². The van der Waals surface area contributed by atoms with Crippen molar-refractivity contribution < 1.29 is 14.0 Å². The lowest BCUT2D eigenvalue weighted by molar-refractivity contribution is 0.669. The SMILES string of the molecule is [2H]c1c([2H])c([2H])c2c(oc3c([2H])c([2H])c(-c4cccc(-c5c6ccccc6c(-c6ccccc6)c6ccccc56)c4)c([2H])c32)c1[2H]. The third-order valence-corrected chi connectivity index (χ3v) is 7.32. The normalized spacial score (nSPS) is 14.1. The first-order chi connectivity index (χ1) is 22.3. The molecule has 0 aliphatic heterocycles. The number of hydrogen-bond acceptors (Lipinski definition) is 1. The molecule has 0 saturated carbocycles. The maximum atomic E-state index is 9.25. The minimum Gasteiger partial charge on any atom is -0.456 e. The van der Waals surface area contributed by atoms with E-state index in [1.54, 1.807) is 6.07 Å². The summed E-state index contributed by atoms with van der Waals surface area (Å²) in [5.41, 5.74) is 4.70. The van der Waals surface area contributed by atoms with Crippen molar-refractivity contribution in [1.82, 2.24) is 0 Å². The van der Waals surface area contributed by atoms with Crippen LogP contribution in [0.1, 0.15) is 9.60 Å². The molecule has 1 heterocycles. The quantitative estimate of drug-likeness (QED) is 0.219. The molecule has 39 heavy (non-hydrogen) atoms. The standard InChI is InChI=1S/C38H24O/c1-2-11-25(12-3-1)37-30-16-4-6-18-32(30)38(33-19-7-5-17-31(33)37)28-14-10-13-26(23-28)27-21-22-36-34(24-27)29-15-8-9-20-35(29)39-36/h1-24H/i8D,9D,15D,20D,21D,22D,24D. The zero-order chi connectivity index (χ0) is 31.9. The Morgan fingerprint density at radius 1 is 0.410 bits per heavy atom. The van der Waals surface area contributed by atoms with Crippen LogP contribution in [0.25, 0.3) is 76.9 Å². The van der Waals surface area contributed by atoms with Crippen molar-refractivity contribution in [1.29, 1.82) is 0 Å². The summed E-state index contributed by atoms with van der Waals surface area (Å²) in [6.07, 6.45) is 0. The first-order valence-electron chi connectivity index (χ1n) is 16.3. The Hall–Kier alpha value is -5.14. The van der Waals surface area contributed by atoms with Crippen LogP contribution in [0.3, 0.4) is 0 Å². The minimum absolute atomic E-state index is 0.0467. The third-order valence-electron chi connectivity index (χ3n) is 7.32. The molecule has 182 valence electrons. The van der Waals surface area contributed by atoms with Gasteiger partial charge in [-0.1, -0.05) is 121 Å². The molecular weight excluding hydrogens is 472 g/mol. The van der Waals surface area contributed by atoms with E-state index in [1.807, 2.05) is 60.7 Å². The summed E-state index contributed by atoms with van der Waals surface area (Å²) in [7, 11) is 0. The zero-order valence-corrected chi connectivity index (χ0v) is 20.7. The van der Waals surface area contributed by atoms with Gasteiger partial charge in [-0.05, 0) is 79.1 Å². The Kier molecular flexibility index (Phi) is 3.57. The molecule has 0 atom stereocenters. The fourth-order valence-corrected chi connectivity index (χ4v) is 5.63. The van der Waals surface area contributed by atoms with Crippen LogP contribution < -0.4 is 0 Å². The van der Waals surface area contributed by atoms with Gasteiger partial charge in [-0.3, -0.25) is 0 Å². The van der Waals surface area contributed by atoms with E-state index in [0.717, 1.165) is 43.8 Å². The van der Waals surface area contributed by atoms with E-state index in [9.17, 15) is 1.37 Å². The van der Waals surface area contributed by atoms with Crippen molar-refractivity contribution in [2.45, 2.75) is 0 Å². The van der Waals surface area contributed by atoms with Crippen molar-refractivity contribution in [2.24, 2.45) is 0 Å². The van der Waals surface area contributed by atoms with E-state index in [-0.39, 0.29) is 57.7 Å². The van der Waals surface area contributed by atoms with Crippen LogP contribution in [0.4, 0.5) is 0 Å². The van der Waals surface area contributed by atoms with Gasteiger partial charge in [-0.15, -0.1) is 0 Å². The smallest absolute Gasteiger partial charge is 0.135 e. The van der Waals surface area contributed by atoms with E-state index < -0.39 is 12.1 Å². The lowest BCUT2D eigenvalue weighted by atomic mass is 9.85. The zero-order valence-electron chi connectivity index (χ0n) is 27.7. The van der Waals surface area contributed by atoms with Gasteiger partial charge in [0.2, 0.25) is 0 Å². The summed E-state index contributed by atoms with van der Waals surface area (Å²) < 4.78 is 66.0. The number of fused-ring (bicyclic) bond motifs is 5. The number of para-hydroxylation sites is 1. The first kappa shape index (κ1) is 16.0. The monoisotopic (exact) mass is 503 g/mol.